The summed E-state index contributed by atoms with van der Waals surface area (Å²) in [7, 11) is 0. The van der Waals surface area contributed by atoms with Crippen LogP contribution in [0.3, 0.4) is 0 Å². The van der Waals surface area contributed by atoms with E-state index < -0.39 is 0 Å². The highest BCUT2D eigenvalue weighted by Crippen LogP contribution is 2.35. The molecule has 0 radical (unpaired) electrons. The summed E-state index contributed by atoms with van der Waals surface area (Å²) in [6.45, 7) is 6.01. The van der Waals surface area contributed by atoms with Gasteiger partial charge in [-0.3, -0.25) is 14.6 Å². The Morgan fingerprint density at radius 1 is 1.19 bits per heavy atom. The number of nitrogens with zero attached hydrogens (tertiary/aromatic N) is 2. The number of hydrogen-bond donors (Lipinski definition) is 1. The molecule has 5 nitrogen and oxygen atoms in total. The number of rotatable bonds is 6. The van der Waals surface area contributed by atoms with Crippen LogP contribution in [0.1, 0.15) is 55.9 Å². The molecule has 1 saturated carbocycles. The zero-order chi connectivity index (χ0) is 18.5. The summed E-state index contributed by atoms with van der Waals surface area (Å²) in [5.74, 6) is 0.191. The van der Waals surface area contributed by atoms with E-state index in [0.717, 1.165) is 39.4 Å². The molecule has 1 unspecified atom stereocenters. The summed E-state index contributed by atoms with van der Waals surface area (Å²) < 4.78 is 5.56. The predicted octanol–water partition coefficient (Wildman–Crippen LogP) is 3.04. The summed E-state index contributed by atoms with van der Waals surface area (Å²) in [5.41, 5.74) is 0.149. The maximum atomic E-state index is 12.8. The molecule has 3 heterocycles. The normalized spacial score (nSPS) is 26.9. The van der Waals surface area contributed by atoms with Gasteiger partial charge in [0.05, 0.1) is 19.8 Å². The molecule has 4 rings (SSSR count). The van der Waals surface area contributed by atoms with Crippen LogP contribution in [-0.4, -0.2) is 67.2 Å². The van der Waals surface area contributed by atoms with Crippen molar-refractivity contribution in [3.63, 3.8) is 0 Å². The lowest BCUT2D eigenvalue weighted by molar-refractivity contribution is -0.123. The van der Waals surface area contributed by atoms with Gasteiger partial charge in [-0.15, -0.1) is 11.3 Å². The Morgan fingerprint density at radius 2 is 2.00 bits per heavy atom. The topological polar surface area (TPSA) is 44.8 Å². The number of hydrogen-bond acceptors (Lipinski definition) is 5. The SMILES string of the molecule is O=C(CN1CCCC1c1cccs1)NCC1(N2CCOCC2)CCCCC1. The smallest absolute Gasteiger partial charge is 0.234 e. The molecule has 2 saturated heterocycles. The van der Waals surface area contributed by atoms with E-state index in [1.807, 2.05) is 11.3 Å². The standard InChI is InChI=1S/C21H33N3O2S/c25-20(16-23-10-4-6-18(23)19-7-5-15-27-19)22-17-21(8-2-1-3-9-21)24-11-13-26-14-12-24/h5,7,15,18H,1-4,6,8-14,16-17H2,(H,22,25). The molecule has 0 spiro atoms. The quantitative estimate of drug-likeness (QED) is 0.810. The van der Waals surface area contributed by atoms with Gasteiger partial charge in [-0.25, -0.2) is 0 Å². The van der Waals surface area contributed by atoms with E-state index in [0.29, 0.717) is 12.6 Å². The molecule has 1 aliphatic carbocycles. The first kappa shape index (κ1) is 19.4. The van der Waals surface area contributed by atoms with E-state index in [1.54, 1.807) is 0 Å². The van der Waals surface area contributed by atoms with Gasteiger partial charge in [0, 0.05) is 36.1 Å². The molecule has 1 aromatic heterocycles. The zero-order valence-corrected chi connectivity index (χ0v) is 17.1. The van der Waals surface area contributed by atoms with E-state index in [1.165, 1.54) is 49.8 Å². The van der Waals surface area contributed by atoms with Crippen molar-refractivity contribution in [1.82, 2.24) is 15.1 Å². The molecule has 1 aromatic rings. The fraction of sp³-hybridized carbons (Fsp3) is 0.762. The van der Waals surface area contributed by atoms with Gasteiger partial charge in [-0.1, -0.05) is 25.3 Å². The van der Waals surface area contributed by atoms with Crippen LogP contribution in [0.2, 0.25) is 0 Å². The highest BCUT2D eigenvalue weighted by molar-refractivity contribution is 7.10. The fourth-order valence-electron chi connectivity index (χ4n) is 5.17. The van der Waals surface area contributed by atoms with Gasteiger partial charge < -0.3 is 10.1 Å². The third kappa shape index (κ3) is 4.56. The summed E-state index contributed by atoms with van der Waals surface area (Å²) in [5, 5.41) is 5.46. The highest BCUT2D eigenvalue weighted by Gasteiger charge is 2.39. The van der Waals surface area contributed by atoms with Gasteiger partial charge in [0.2, 0.25) is 5.91 Å². The van der Waals surface area contributed by atoms with Gasteiger partial charge in [-0.2, -0.15) is 0 Å². The first-order valence-electron chi connectivity index (χ1n) is 10.6. The average molecular weight is 392 g/mol. The monoisotopic (exact) mass is 391 g/mol. The molecule has 6 heteroatoms. The predicted molar refractivity (Wildman–Crippen MR) is 109 cm³/mol. The molecule has 150 valence electrons. The number of morpholine rings is 1. The van der Waals surface area contributed by atoms with Crippen LogP contribution < -0.4 is 5.32 Å². The average Bonchev–Trinajstić information content (AvgIpc) is 3.39. The first-order valence-corrected chi connectivity index (χ1v) is 11.5. The van der Waals surface area contributed by atoms with Crippen molar-refractivity contribution in [2.45, 2.75) is 56.5 Å². The second kappa shape index (κ2) is 9.03. The maximum Gasteiger partial charge on any atom is 0.234 e. The van der Waals surface area contributed by atoms with Crippen molar-refractivity contribution < 1.29 is 9.53 Å². The Bertz CT molecular complexity index is 595. The van der Waals surface area contributed by atoms with Crippen LogP contribution in [0.4, 0.5) is 0 Å². The number of amides is 1. The Kier molecular flexibility index (Phi) is 6.48. The van der Waals surface area contributed by atoms with Crippen LogP contribution in [0, 0.1) is 0 Å². The molecule has 3 fully saturated rings. The molecule has 0 aromatic carbocycles. The van der Waals surface area contributed by atoms with E-state index >= 15 is 0 Å². The van der Waals surface area contributed by atoms with Crippen molar-refractivity contribution in [3.8, 4) is 0 Å². The summed E-state index contributed by atoms with van der Waals surface area (Å²) in [6, 6.07) is 4.76. The third-order valence-corrected chi connectivity index (χ3v) is 7.64. The number of carbonyl (C=O) groups excluding carboxylic acids is 1. The highest BCUT2D eigenvalue weighted by atomic mass is 32.1. The molecule has 1 N–H and O–H groups in total. The van der Waals surface area contributed by atoms with Crippen LogP contribution in [0.25, 0.3) is 0 Å². The number of nitrogens with one attached hydrogen (secondary N) is 1. The Hall–Kier alpha value is -0.950. The lowest BCUT2D eigenvalue weighted by atomic mass is 9.79. The van der Waals surface area contributed by atoms with Crippen LogP contribution in [-0.2, 0) is 9.53 Å². The van der Waals surface area contributed by atoms with Crippen LogP contribution >= 0.6 is 11.3 Å². The second-order valence-corrected chi connectivity index (χ2v) is 9.28. The van der Waals surface area contributed by atoms with Crippen LogP contribution in [0.15, 0.2) is 17.5 Å². The summed E-state index contributed by atoms with van der Waals surface area (Å²) in [4.78, 5) is 19.2. The minimum atomic E-state index is 0.149. The molecule has 0 bridgehead atoms. The first-order chi connectivity index (χ1) is 13.3. The Balaban J connectivity index is 1.34. The largest absolute Gasteiger partial charge is 0.379 e. The zero-order valence-electron chi connectivity index (χ0n) is 16.3. The van der Waals surface area contributed by atoms with Crippen molar-refractivity contribution in [2.24, 2.45) is 0 Å². The van der Waals surface area contributed by atoms with Crippen molar-refractivity contribution in [3.05, 3.63) is 22.4 Å². The molecule has 1 amide bonds. The number of thiophene rings is 1. The van der Waals surface area contributed by atoms with Gasteiger partial charge in [-0.05, 0) is 43.7 Å². The number of carbonyl (C=O) groups is 1. The summed E-state index contributed by atoms with van der Waals surface area (Å²) >= 11 is 1.81. The fourth-order valence-corrected chi connectivity index (χ4v) is 6.07. The van der Waals surface area contributed by atoms with Gasteiger partial charge in [0.15, 0.2) is 0 Å². The minimum Gasteiger partial charge on any atom is -0.379 e. The van der Waals surface area contributed by atoms with Gasteiger partial charge in [0.1, 0.15) is 0 Å². The third-order valence-electron chi connectivity index (χ3n) is 6.66. The minimum absolute atomic E-state index is 0.149. The van der Waals surface area contributed by atoms with E-state index in [2.05, 4.69) is 32.6 Å². The molecule has 2 aliphatic heterocycles. The van der Waals surface area contributed by atoms with Crippen molar-refractivity contribution >= 4 is 17.2 Å². The number of likely N-dealkylation sites (tertiary alicyclic amines) is 1. The van der Waals surface area contributed by atoms with E-state index in [9.17, 15) is 4.79 Å². The summed E-state index contributed by atoms with van der Waals surface area (Å²) in [6.07, 6.45) is 8.65. The molecule has 27 heavy (non-hydrogen) atoms. The number of ether oxygens (including phenoxy) is 1. The second-order valence-electron chi connectivity index (χ2n) is 8.31. The van der Waals surface area contributed by atoms with Crippen molar-refractivity contribution in [2.75, 3.05) is 45.9 Å². The Morgan fingerprint density at radius 3 is 2.74 bits per heavy atom. The van der Waals surface area contributed by atoms with E-state index in [-0.39, 0.29) is 11.4 Å². The van der Waals surface area contributed by atoms with Gasteiger partial charge in [0.25, 0.3) is 0 Å². The molecule has 3 aliphatic rings. The lowest BCUT2D eigenvalue weighted by Gasteiger charge is -2.48. The molecule has 1 atom stereocenters. The molecular weight excluding hydrogens is 358 g/mol. The lowest BCUT2D eigenvalue weighted by Crippen LogP contribution is -2.60. The van der Waals surface area contributed by atoms with E-state index in [4.69, 9.17) is 4.74 Å². The van der Waals surface area contributed by atoms with Crippen LogP contribution in [0.5, 0.6) is 0 Å². The Labute approximate surface area is 167 Å². The molecular formula is C21H33N3O2S. The maximum absolute atomic E-state index is 12.8. The van der Waals surface area contributed by atoms with Gasteiger partial charge >= 0.3 is 0 Å². The van der Waals surface area contributed by atoms with Crippen molar-refractivity contribution in [1.29, 1.82) is 0 Å².